The fraction of sp³-hybridized carbons (Fsp3) is 0.465. The van der Waals surface area contributed by atoms with Gasteiger partial charge >= 0.3 is 12.1 Å². The van der Waals surface area contributed by atoms with Gasteiger partial charge in [-0.15, -0.1) is 0 Å². The third kappa shape index (κ3) is 9.42. The van der Waals surface area contributed by atoms with Crippen LogP contribution in [-0.4, -0.2) is 119 Å². The second-order valence-electron chi connectivity index (χ2n) is 16.1. The van der Waals surface area contributed by atoms with E-state index in [1.807, 2.05) is 54.4 Å². The van der Waals surface area contributed by atoms with Gasteiger partial charge in [-0.3, -0.25) is 24.5 Å². The van der Waals surface area contributed by atoms with Crippen LogP contribution in [0.3, 0.4) is 0 Å². The number of carbonyl (C=O) groups is 4. The van der Waals surface area contributed by atoms with Crippen LogP contribution >= 0.6 is 11.6 Å². The molecule has 2 atom stereocenters. The molecule has 5 amide bonds. The highest BCUT2D eigenvalue weighted by Crippen LogP contribution is 2.33. The molecule has 0 radical (unpaired) electrons. The second kappa shape index (κ2) is 19.0. The lowest BCUT2D eigenvalue weighted by Gasteiger charge is -2.45. The Morgan fingerprint density at radius 1 is 1.00 bits per heavy atom. The standard InChI is InChI=1S/C42H50ClN11O3.CH2O2/c1-28-27-53(29(2)26-52(28)34-8-6-31(23-44)36(43)22-34)41(56)47-32-7-9-39(45-24-32)50-19-11-30(12-20-50)10-16-49-17-13-33(14-18-49)54-38-5-3-4-37(35(38)25-46-54)51-21-15-40(55)48-42(51)57;2-1-3/h3-9,22,24-25,28-30,33H,10-21,26-27H2,1-2H3,(H,47,56)(H,48,55,57);1H,(H,2,3)/t28-,29+;/m1./s1. The molecule has 2 aromatic carbocycles. The molecular formula is C43H52ClN11O5. The maximum absolute atomic E-state index is 13.4. The fourth-order valence-electron chi connectivity index (χ4n) is 8.96. The molecule has 0 saturated carbocycles. The molecule has 17 heteroatoms. The molecule has 4 saturated heterocycles. The van der Waals surface area contributed by atoms with Gasteiger partial charge in [0.1, 0.15) is 11.9 Å². The van der Waals surface area contributed by atoms with E-state index in [0.717, 1.165) is 86.5 Å². The smallest absolute Gasteiger partial charge is 0.328 e. The number of likely N-dealkylation sites (tertiary alicyclic amines) is 1. The topological polar surface area (TPSA) is 183 Å². The number of nitriles is 1. The Hall–Kier alpha value is -5.92. The van der Waals surface area contributed by atoms with Crippen LogP contribution in [-0.2, 0) is 9.59 Å². The number of piperidine rings is 2. The van der Waals surface area contributed by atoms with E-state index < -0.39 is 0 Å². The molecule has 16 nitrogen and oxygen atoms in total. The van der Waals surface area contributed by atoms with Crippen LogP contribution < -0.4 is 25.3 Å². The lowest BCUT2D eigenvalue weighted by Crippen LogP contribution is -2.59. The van der Waals surface area contributed by atoms with Crippen LogP contribution in [0.4, 0.5) is 32.5 Å². The summed E-state index contributed by atoms with van der Waals surface area (Å²) in [7, 11) is 0. The second-order valence-corrected chi connectivity index (χ2v) is 16.5. The number of amides is 5. The number of nitrogens with one attached hydrogen (secondary N) is 2. The summed E-state index contributed by atoms with van der Waals surface area (Å²) in [6.45, 7) is 10.6. The first kappa shape index (κ1) is 42.2. The molecule has 0 bridgehead atoms. The van der Waals surface area contributed by atoms with Crippen LogP contribution in [0.15, 0.2) is 60.9 Å². The minimum atomic E-state index is -0.375. The van der Waals surface area contributed by atoms with Crippen LogP contribution in [0.5, 0.6) is 0 Å². The average Bonchev–Trinajstić information content (AvgIpc) is 3.69. The summed E-state index contributed by atoms with van der Waals surface area (Å²) in [6.07, 6.45) is 9.44. The third-order valence-corrected chi connectivity index (χ3v) is 12.6. The van der Waals surface area contributed by atoms with Crippen molar-refractivity contribution >= 4 is 69.8 Å². The molecule has 8 rings (SSSR count). The molecule has 0 unspecified atom stereocenters. The molecular weight excluding hydrogens is 786 g/mol. The SMILES string of the molecule is C[C@@H]1CN(C(=O)Nc2ccc(N3CCC(CCN4CCC(n5ncc6c(N7CCC(=O)NC7=O)cccc65)CC4)CC3)nc2)[C@@H](C)CN1c1ccc(C#N)c(Cl)c1.O=CO. The number of hydrogen-bond donors (Lipinski definition) is 3. The Morgan fingerprint density at radius 2 is 1.77 bits per heavy atom. The van der Waals surface area contributed by atoms with E-state index in [4.69, 9.17) is 31.6 Å². The van der Waals surface area contributed by atoms with Gasteiger partial charge in [0, 0.05) is 75.4 Å². The summed E-state index contributed by atoms with van der Waals surface area (Å²) in [5, 5.41) is 27.8. The van der Waals surface area contributed by atoms with Crippen molar-refractivity contribution in [3.63, 3.8) is 0 Å². The number of pyridine rings is 1. The van der Waals surface area contributed by atoms with Gasteiger partial charge in [-0.05, 0) is 101 Å². The van der Waals surface area contributed by atoms with Crippen molar-refractivity contribution in [3.8, 4) is 6.07 Å². The number of fused-ring (bicyclic) bond motifs is 1. The quantitative estimate of drug-likeness (QED) is 0.172. The number of rotatable bonds is 8. The number of urea groups is 2. The number of hydrogen-bond acceptors (Lipinski definition) is 10. The van der Waals surface area contributed by atoms with E-state index in [1.165, 1.54) is 6.42 Å². The van der Waals surface area contributed by atoms with Gasteiger partial charge in [-0.2, -0.15) is 10.4 Å². The van der Waals surface area contributed by atoms with Gasteiger partial charge in [-0.25, -0.2) is 14.6 Å². The van der Waals surface area contributed by atoms with Gasteiger partial charge in [-0.1, -0.05) is 17.7 Å². The number of imide groups is 1. The predicted molar refractivity (Wildman–Crippen MR) is 231 cm³/mol. The number of halogens is 1. The summed E-state index contributed by atoms with van der Waals surface area (Å²) in [4.78, 5) is 61.4. The first-order valence-corrected chi connectivity index (χ1v) is 21.1. The zero-order valence-electron chi connectivity index (χ0n) is 34.0. The Balaban J connectivity index is 0.00000176. The molecule has 4 aliphatic rings. The van der Waals surface area contributed by atoms with E-state index in [0.29, 0.717) is 54.3 Å². The van der Waals surface area contributed by atoms with Crippen molar-refractivity contribution in [2.24, 2.45) is 5.92 Å². The number of piperazine rings is 1. The Labute approximate surface area is 354 Å². The first-order valence-electron chi connectivity index (χ1n) is 20.7. The number of anilines is 4. The van der Waals surface area contributed by atoms with E-state index >= 15 is 0 Å². The van der Waals surface area contributed by atoms with Gasteiger partial charge < -0.3 is 30.0 Å². The molecule has 60 heavy (non-hydrogen) atoms. The largest absolute Gasteiger partial charge is 0.483 e. The number of nitrogens with zero attached hydrogens (tertiary/aromatic N) is 9. The van der Waals surface area contributed by atoms with Gasteiger partial charge in [0.05, 0.1) is 45.9 Å². The lowest BCUT2D eigenvalue weighted by molar-refractivity contribution is -0.123. The predicted octanol–water partition coefficient (Wildman–Crippen LogP) is 6.18. The molecule has 4 fully saturated rings. The Morgan fingerprint density at radius 3 is 2.45 bits per heavy atom. The van der Waals surface area contributed by atoms with Crippen LogP contribution in [0.25, 0.3) is 10.9 Å². The van der Waals surface area contributed by atoms with Crippen molar-refractivity contribution in [3.05, 3.63) is 71.5 Å². The highest BCUT2D eigenvalue weighted by molar-refractivity contribution is 6.32. The van der Waals surface area contributed by atoms with Crippen molar-refractivity contribution in [2.75, 3.05) is 72.4 Å². The highest BCUT2D eigenvalue weighted by Gasteiger charge is 2.33. The van der Waals surface area contributed by atoms with Crippen molar-refractivity contribution in [1.29, 1.82) is 5.26 Å². The molecule has 0 aliphatic carbocycles. The summed E-state index contributed by atoms with van der Waals surface area (Å²) < 4.78 is 2.13. The van der Waals surface area contributed by atoms with Gasteiger partial charge in [0.15, 0.2) is 0 Å². The van der Waals surface area contributed by atoms with Gasteiger partial charge in [0.25, 0.3) is 6.47 Å². The number of carboxylic acid groups (broad SMARTS) is 1. The number of aromatic nitrogens is 3. The zero-order valence-corrected chi connectivity index (χ0v) is 34.8. The van der Waals surface area contributed by atoms with Crippen molar-refractivity contribution < 1.29 is 24.3 Å². The first-order chi connectivity index (χ1) is 29.1. The van der Waals surface area contributed by atoms with E-state index in [-0.39, 0.29) is 36.5 Å². The van der Waals surface area contributed by atoms with Crippen LogP contribution in [0.1, 0.15) is 64.0 Å². The summed E-state index contributed by atoms with van der Waals surface area (Å²) in [6, 6.07) is 17.4. The molecule has 0 spiro atoms. The van der Waals surface area contributed by atoms with Crippen molar-refractivity contribution in [2.45, 2.75) is 70.5 Å². The van der Waals surface area contributed by atoms with Gasteiger partial charge in [0.2, 0.25) is 5.91 Å². The van der Waals surface area contributed by atoms with Crippen LogP contribution in [0.2, 0.25) is 5.02 Å². The number of benzene rings is 2. The summed E-state index contributed by atoms with van der Waals surface area (Å²) in [5.41, 5.74) is 3.90. The number of carbonyl (C=O) groups excluding carboxylic acids is 3. The Bertz CT molecular complexity index is 2210. The Kier molecular flexibility index (Phi) is 13.4. The van der Waals surface area contributed by atoms with E-state index in [1.54, 1.807) is 17.2 Å². The lowest BCUT2D eigenvalue weighted by atomic mass is 9.93. The molecule has 4 aliphatic heterocycles. The third-order valence-electron chi connectivity index (χ3n) is 12.3. The van der Waals surface area contributed by atoms with Crippen LogP contribution in [0, 0.1) is 17.2 Å². The molecule has 6 heterocycles. The highest BCUT2D eigenvalue weighted by atomic mass is 35.5. The molecule has 4 aromatic rings. The summed E-state index contributed by atoms with van der Waals surface area (Å²) in [5.74, 6) is 1.39. The summed E-state index contributed by atoms with van der Waals surface area (Å²) >= 11 is 6.31. The molecule has 3 N–H and O–H groups in total. The minimum Gasteiger partial charge on any atom is -0.483 e. The van der Waals surface area contributed by atoms with E-state index in [9.17, 15) is 19.6 Å². The normalized spacial score (nSPS) is 20.6. The average molecular weight is 838 g/mol. The minimum absolute atomic E-state index is 0.0266. The maximum atomic E-state index is 13.4. The van der Waals surface area contributed by atoms with E-state index in [2.05, 4.69) is 49.1 Å². The molecule has 316 valence electrons. The van der Waals surface area contributed by atoms with Crippen molar-refractivity contribution in [1.82, 2.24) is 29.9 Å². The molecule has 2 aromatic heterocycles. The fourth-order valence-corrected chi connectivity index (χ4v) is 9.18. The zero-order chi connectivity index (χ0) is 42.3. The monoisotopic (exact) mass is 837 g/mol. The maximum Gasteiger partial charge on any atom is 0.328 e.